The molecule has 4 nitrogen and oxygen atoms in total. The fourth-order valence-electron chi connectivity index (χ4n) is 2.88. The molecule has 2 aromatic rings. The normalized spacial score (nSPS) is 16.1. The van der Waals surface area contributed by atoms with E-state index in [1.54, 1.807) is 29.5 Å². The first kappa shape index (κ1) is 17.5. The van der Waals surface area contributed by atoms with E-state index >= 15 is 0 Å². The highest BCUT2D eigenvalue weighted by Gasteiger charge is 2.24. The van der Waals surface area contributed by atoms with Gasteiger partial charge in [-0.1, -0.05) is 29.3 Å². The largest absolute Gasteiger partial charge is 0.336 e. The molecule has 1 aliphatic rings. The van der Waals surface area contributed by atoms with Crippen LogP contribution in [0.25, 0.3) is 0 Å². The SMILES string of the molecule is O=C(NCC(c1cccs1)N1CCCC1)Nc1ccc(Cl)c(Cl)c1. The van der Waals surface area contributed by atoms with Gasteiger partial charge in [0, 0.05) is 17.1 Å². The van der Waals surface area contributed by atoms with Crippen LogP contribution in [0.15, 0.2) is 35.7 Å². The Morgan fingerprint density at radius 2 is 2.00 bits per heavy atom. The van der Waals surface area contributed by atoms with Crippen LogP contribution in [0.1, 0.15) is 23.8 Å². The number of anilines is 1. The van der Waals surface area contributed by atoms with E-state index in [4.69, 9.17) is 23.2 Å². The topological polar surface area (TPSA) is 44.4 Å². The van der Waals surface area contributed by atoms with E-state index < -0.39 is 0 Å². The number of carbonyl (C=O) groups is 1. The van der Waals surface area contributed by atoms with E-state index in [0.717, 1.165) is 13.1 Å². The van der Waals surface area contributed by atoms with Crippen LogP contribution in [0.3, 0.4) is 0 Å². The van der Waals surface area contributed by atoms with Crippen molar-refractivity contribution in [1.29, 1.82) is 0 Å². The molecule has 24 heavy (non-hydrogen) atoms. The van der Waals surface area contributed by atoms with Crippen LogP contribution in [0.5, 0.6) is 0 Å². The van der Waals surface area contributed by atoms with Crippen molar-refractivity contribution >= 4 is 46.3 Å². The molecule has 3 rings (SSSR count). The zero-order valence-corrected chi connectivity index (χ0v) is 15.4. The lowest BCUT2D eigenvalue weighted by Gasteiger charge is -2.27. The number of urea groups is 1. The number of halogens is 2. The second kappa shape index (κ2) is 8.21. The molecular formula is C17H19Cl2N3OS. The summed E-state index contributed by atoms with van der Waals surface area (Å²) < 4.78 is 0. The summed E-state index contributed by atoms with van der Waals surface area (Å²) in [5.41, 5.74) is 0.621. The van der Waals surface area contributed by atoms with Crippen molar-refractivity contribution in [2.24, 2.45) is 0 Å². The Bertz CT molecular complexity index is 687. The Labute approximate surface area is 155 Å². The highest BCUT2D eigenvalue weighted by Crippen LogP contribution is 2.28. The number of nitrogens with one attached hydrogen (secondary N) is 2. The summed E-state index contributed by atoms with van der Waals surface area (Å²) in [6.45, 7) is 2.74. The number of carbonyl (C=O) groups excluding carboxylic acids is 1. The summed E-state index contributed by atoms with van der Waals surface area (Å²) in [6.07, 6.45) is 2.44. The van der Waals surface area contributed by atoms with E-state index in [9.17, 15) is 4.79 Å². The predicted octanol–water partition coefficient (Wildman–Crippen LogP) is 5.01. The highest BCUT2D eigenvalue weighted by atomic mass is 35.5. The van der Waals surface area contributed by atoms with Crippen LogP contribution in [0.4, 0.5) is 10.5 Å². The molecule has 0 bridgehead atoms. The zero-order valence-electron chi connectivity index (χ0n) is 13.1. The third-order valence-electron chi connectivity index (χ3n) is 4.09. The second-order valence-corrected chi connectivity index (χ2v) is 7.53. The first-order valence-corrected chi connectivity index (χ1v) is 9.54. The Morgan fingerprint density at radius 1 is 1.21 bits per heavy atom. The van der Waals surface area contributed by atoms with Crippen LogP contribution < -0.4 is 10.6 Å². The van der Waals surface area contributed by atoms with Crippen molar-refractivity contribution in [3.8, 4) is 0 Å². The van der Waals surface area contributed by atoms with Crippen molar-refractivity contribution < 1.29 is 4.79 Å². The number of benzene rings is 1. The lowest BCUT2D eigenvalue weighted by molar-refractivity contribution is 0.229. The number of thiophene rings is 1. The second-order valence-electron chi connectivity index (χ2n) is 5.74. The van der Waals surface area contributed by atoms with Gasteiger partial charge >= 0.3 is 6.03 Å². The van der Waals surface area contributed by atoms with Gasteiger partial charge in [-0.3, -0.25) is 4.90 Å². The predicted molar refractivity (Wildman–Crippen MR) is 101 cm³/mol. The van der Waals surface area contributed by atoms with E-state index in [0.29, 0.717) is 22.3 Å². The van der Waals surface area contributed by atoms with Gasteiger partial charge in [-0.05, 0) is 55.6 Å². The van der Waals surface area contributed by atoms with Gasteiger partial charge in [-0.15, -0.1) is 11.3 Å². The van der Waals surface area contributed by atoms with Crippen LogP contribution in [0, 0.1) is 0 Å². The van der Waals surface area contributed by atoms with E-state index in [1.165, 1.54) is 17.7 Å². The smallest absolute Gasteiger partial charge is 0.319 e. The summed E-state index contributed by atoms with van der Waals surface area (Å²) in [5.74, 6) is 0. The maximum atomic E-state index is 12.2. The molecule has 1 unspecified atom stereocenters. The first-order valence-electron chi connectivity index (χ1n) is 7.91. The number of likely N-dealkylation sites (tertiary alicyclic amines) is 1. The van der Waals surface area contributed by atoms with Crippen molar-refractivity contribution in [3.05, 3.63) is 50.6 Å². The molecule has 1 aliphatic heterocycles. The molecule has 2 amide bonds. The number of rotatable bonds is 5. The fourth-order valence-corrected chi connectivity index (χ4v) is 4.04. The maximum absolute atomic E-state index is 12.2. The zero-order chi connectivity index (χ0) is 16.9. The van der Waals surface area contributed by atoms with Gasteiger partial charge in [0.15, 0.2) is 0 Å². The van der Waals surface area contributed by atoms with Gasteiger partial charge in [0.2, 0.25) is 0 Å². The van der Waals surface area contributed by atoms with Crippen LogP contribution in [-0.4, -0.2) is 30.6 Å². The van der Waals surface area contributed by atoms with Crippen molar-refractivity contribution in [2.75, 3.05) is 25.0 Å². The van der Waals surface area contributed by atoms with Gasteiger partial charge in [0.1, 0.15) is 0 Å². The summed E-state index contributed by atoms with van der Waals surface area (Å²) in [5, 5.41) is 8.73. The van der Waals surface area contributed by atoms with Crippen LogP contribution >= 0.6 is 34.5 Å². The summed E-state index contributed by atoms with van der Waals surface area (Å²) >= 11 is 13.6. The number of nitrogens with zero attached hydrogens (tertiary/aromatic N) is 1. The number of hydrogen-bond donors (Lipinski definition) is 2. The number of hydrogen-bond acceptors (Lipinski definition) is 3. The minimum atomic E-state index is -0.242. The molecule has 1 aromatic heterocycles. The van der Waals surface area contributed by atoms with E-state index in [1.807, 2.05) is 0 Å². The minimum Gasteiger partial charge on any atom is -0.336 e. The molecule has 2 N–H and O–H groups in total. The summed E-state index contributed by atoms with van der Waals surface area (Å²) in [7, 11) is 0. The molecule has 0 spiro atoms. The monoisotopic (exact) mass is 383 g/mol. The Hall–Kier alpha value is -1.27. The molecule has 7 heteroatoms. The maximum Gasteiger partial charge on any atom is 0.319 e. The van der Waals surface area contributed by atoms with E-state index in [2.05, 4.69) is 33.0 Å². The molecule has 1 saturated heterocycles. The van der Waals surface area contributed by atoms with Crippen molar-refractivity contribution in [3.63, 3.8) is 0 Å². The van der Waals surface area contributed by atoms with Gasteiger partial charge in [0.05, 0.1) is 16.1 Å². The minimum absolute atomic E-state index is 0.229. The lowest BCUT2D eigenvalue weighted by atomic mass is 10.2. The van der Waals surface area contributed by atoms with Crippen molar-refractivity contribution in [2.45, 2.75) is 18.9 Å². The Morgan fingerprint density at radius 3 is 2.67 bits per heavy atom. The Kier molecular flexibility index (Phi) is 6.00. The summed E-state index contributed by atoms with van der Waals surface area (Å²) in [6, 6.07) is 9.20. The number of amides is 2. The van der Waals surface area contributed by atoms with E-state index in [-0.39, 0.29) is 12.1 Å². The summed E-state index contributed by atoms with van der Waals surface area (Å²) in [4.78, 5) is 15.9. The molecule has 0 saturated carbocycles. The third-order valence-corrected chi connectivity index (χ3v) is 5.80. The van der Waals surface area contributed by atoms with Crippen LogP contribution in [0.2, 0.25) is 10.0 Å². The first-order chi connectivity index (χ1) is 11.6. The third kappa shape index (κ3) is 4.42. The average molecular weight is 384 g/mol. The molecule has 1 atom stereocenters. The molecule has 0 aliphatic carbocycles. The van der Waals surface area contributed by atoms with Gasteiger partial charge < -0.3 is 10.6 Å². The molecular weight excluding hydrogens is 365 g/mol. The molecule has 0 radical (unpaired) electrons. The van der Waals surface area contributed by atoms with Crippen LogP contribution in [-0.2, 0) is 0 Å². The quantitative estimate of drug-likeness (QED) is 0.761. The molecule has 128 valence electrons. The average Bonchev–Trinajstić information content (AvgIpc) is 3.25. The highest BCUT2D eigenvalue weighted by molar-refractivity contribution is 7.10. The fraction of sp³-hybridized carbons (Fsp3) is 0.353. The van der Waals surface area contributed by atoms with Gasteiger partial charge in [-0.25, -0.2) is 4.79 Å². The molecule has 2 heterocycles. The molecule has 1 fully saturated rings. The van der Waals surface area contributed by atoms with Gasteiger partial charge in [-0.2, -0.15) is 0 Å². The standard InChI is InChI=1S/C17H19Cl2N3OS/c18-13-6-5-12(10-14(13)19)21-17(23)20-11-15(16-4-3-9-24-16)22-7-1-2-8-22/h3-6,9-10,15H,1-2,7-8,11H2,(H2,20,21,23). The van der Waals surface area contributed by atoms with Gasteiger partial charge in [0.25, 0.3) is 0 Å². The molecule has 1 aromatic carbocycles. The Balaban J connectivity index is 1.59. The lowest BCUT2D eigenvalue weighted by Crippen LogP contribution is -2.38. The van der Waals surface area contributed by atoms with Crippen molar-refractivity contribution in [1.82, 2.24) is 10.2 Å².